The van der Waals surface area contributed by atoms with Crippen molar-refractivity contribution in [2.75, 3.05) is 31.5 Å². The van der Waals surface area contributed by atoms with Crippen molar-refractivity contribution in [1.82, 2.24) is 15.2 Å². The van der Waals surface area contributed by atoms with Crippen LogP contribution in [0.5, 0.6) is 0 Å². The van der Waals surface area contributed by atoms with Crippen LogP contribution in [0.2, 0.25) is 0 Å². The van der Waals surface area contributed by atoms with Crippen LogP contribution in [0.4, 0.5) is 5.69 Å². The number of hydrogen-bond acceptors (Lipinski definition) is 4. The maximum Gasteiger partial charge on any atom is 0.238 e. The van der Waals surface area contributed by atoms with Crippen LogP contribution in [0.25, 0.3) is 0 Å². The first-order chi connectivity index (χ1) is 11.2. The lowest BCUT2D eigenvalue weighted by atomic mass is 10.1. The molecule has 1 aromatic carbocycles. The molecule has 1 aliphatic heterocycles. The van der Waals surface area contributed by atoms with Crippen molar-refractivity contribution in [1.29, 1.82) is 0 Å². The summed E-state index contributed by atoms with van der Waals surface area (Å²) >= 11 is 3.39. The number of rotatable bonds is 4. The van der Waals surface area contributed by atoms with E-state index in [-0.39, 0.29) is 24.4 Å². The molecule has 2 heterocycles. The molecular formula is C17H20BrClN4O. The third kappa shape index (κ3) is 5.01. The van der Waals surface area contributed by atoms with E-state index in [0.29, 0.717) is 6.54 Å². The van der Waals surface area contributed by atoms with Gasteiger partial charge in [-0.2, -0.15) is 0 Å². The van der Waals surface area contributed by atoms with Crippen molar-refractivity contribution in [3.8, 4) is 0 Å². The van der Waals surface area contributed by atoms with E-state index in [1.165, 1.54) is 0 Å². The Morgan fingerprint density at radius 3 is 2.83 bits per heavy atom. The molecule has 1 aliphatic rings. The predicted molar refractivity (Wildman–Crippen MR) is 101 cm³/mol. The minimum absolute atomic E-state index is 0. The standard InChI is InChI=1S/C17H19BrN4O.ClH/c18-14-3-5-15(6-4-14)21-17(23)12-22-9-8-20-11-16(22)13-2-1-7-19-10-13;/h1-7,10,16,20H,8-9,11-12H2,(H,21,23);1H. The molecule has 1 unspecified atom stereocenters. The zero-order valence-electron chi connectivity index (χ0n) is 13.1. The molecule has 2 aromatic rings. The molecule has 5 nitrogen and oxygen atoms in total. The van der Waals surface area contributed by atoms with Crippen LogP contribution in [0.3, 0.4) is 0 Å². The molecule has 1 fully saturated rings. The van der Waals surface area contributed by atoms with Crippen LogP contribution in [0, 0.1) is 0 Å². The molecule has 0 aliphatic carbocycles. The highest BCUT2D eigenvalue weighted by atomic mass is 79.9. The zero-order valence-corrected chi connectivity index (χ0v) is 15.5. The first-order valence-corrected chi connectivity index (χ1v) is 8.42. The van der Waals surface area contributed by atoms with E-state index in [2.05, 4.69) is 42.5 Å². The smallest absolute Gasteiger partial charge is 0.238 e. The van der Waals surface area contributed by atoms with Crippen LogP contribution in [-0.4, -0.2) is 42.0 Å². The summed E-state index contributed by atoms with van der Waals surface area (Å²) in [5, 5.41) is 6.34. The normalized spacial score (nSPS) is 17.8. The van der Waals surface area contributed by atoms with Crippen molar-refractivity contribution >= 4 is 39.9 Å². The summed E-state index contributed by atoms with van der Waals surface area (Å²) < 4.78 is 0.995. The van der Waals surface area contributed by atoms with Crippen molar-refractivity contribution in [3.05, 3.63) is 58.8 Å². The molecule has 1 amide bonds. The molecule has 128 valence electrons. The number of carbonyl (C=O) groups is 1. The van der Waals surface area contributed by atoms with Crippen molar-refractivity contribution < 1.29 is 4.79 Å². The third-order valence-corrected chi connectivity index (χ3v) is 4.43. The monoisotopic (exact) mass is 410 g/mol. The highest BCUT2D eigenvalue weighted by molar-refractivity contribution is 9.10. The Hall–Kier alpha value is -1.47. The molecule has 1 saturated heterocycles. The molecule has 24 heavy (non-hydrogen) atoms. The fourth-order valence-electron chi connectivity index (χ4n) is 2.76. The predicted octanol–water partition coefficient (Wildman–Crippen LogP) is 2.85. The topological polar surface area (TPSA) is 57.3 Å². The average molecular weight is 412 g/mol. The van der Waals surface area contributed by atoms with Gasteiger partial charge in [0.25, 0.3) is 0 Å². The molecule has 0 radical (unpaired) electrons. The van der Waals surface area contributed by atoms with Gasteiger partial charge in [0.2, 0.25) is 5.91 Å². The van der Waals surface area contributed by atoms with Gasteiger partial charge >= 0.3 is 0 Å². The van der Waals surface area contributed by atoms with E-state index in [1.54, 1.807) is 6.20 Å². The first-order valence-electron chi connectivity index (χ1n) is 7.62. The summed E-state index contributed by atoms with van der Waals surface area (Å²) in [6.45, 7) is 2.93. The van der Waals surface area contributed by atoms with Gasteiger partial charge in [-0.3, -0.25) is 14.7 Å². The van der Waals surface area contributed by atoms with E-state index in [0.717, 1.165) is 35.4 Å². The van der Waals surface area contributed by atoms with Gasteiger partial charge in [-0.05, 0) is 35.9 Å². The van der Waals surface area contributed by atoms with Crippen LogP contribution in [0.15, 0.2) is 53.3 Å². The SMILES string of the molecule is Cl.O=C(CN1CCNCC1c1cccnc1)Nc1ccc(Br)cc1. The van der Waals surface area contributed by atoms with Gasteiger partial charge in [-0.25, -0.2) is 0 Å². The number of carbonyl (C=O) groups excluding carboxylic acids is 1. The lowest BCUT2D eigenvalue weighted by Crippen LogP contribution is -2.48. The third-order valence-electron chi connectivity index (χ3n) is 3.90. The number of amides is 1. The van der Waals surface area contributed by atoms with Crippen molar-refractivity contribution in [2.24, 2.45) is 0 Å². The summed E-state index contributed by atoms with van der Waals surface area (Å²) in [5.74, 6) is 0.00288. The van der Waals surface area contributed by atoms with Gasteiger partial charge in [-0.1, -0.05) is 22.0 Å². The first kappa shape index (κ1) is 18.9. The Bertz CT molecular complexity index is 653. The molecule has 2 N–H and O–H groups in total. The van der Waals surface area contributed by atoms with Gasteiger partial charge < -0.3 is 10.6 Å². The molecular weight excluding hydrogens is 392 g/mol. The minimum Gasteiger partial charge on any atom is -0.325 e. The highest BCUT2D eigenvalue weighted by Gasteiger charge is 2.25. The second kappa shape index (κ2) is 9.13. The Balaban J connectivity index is 0.00000208. The number of hydrogen-bond donors (Lipinski definition) is 2. The van der Waals surface area contributed by atoms with Crippen LogP contribution in [-0.2, 0) is 4.79 Å². The minimum atomic E-state index is 0. The van der Waals surface area contributed by atoms with Crippen LogP contribution < -0.4 is 10.6 Å². The average Bonchev–Trinajstić information content (AvgIpc) is 2.58. The summed E-state index contributed by atoms with van der Waals surface area (Å²) in [6.07, 6.45) is 3.64. The molecule has 0 saturated carbocycles. The molecule has 0 bridgehead atoms. The summed E-state index contributed by atoms with van der Waals surface area (Å²) in [5.41, 5.74) is 1.95. The lowest BCUT2D eigenvalue weighted by molar-refractivity contribution is -0.118. The molecule has 1 aromatic heterocycles. The zero-order chi connectivity index (χ0) is 16.1. The van der Waals surface area contributed by atoms with E-state index in [1.807, 2.05) is 36.5 Å². The van der Waals surface area contributed by atoms with Crippen molar-refractivity contribution in [2.45, 2.75) is 6.04 Å². The van der Waals surface area contributed by atoms with Gasteiger partial charge in [0, 0.05) is 48.2 Å². The molecule has 7 heteroatoms. The fourth-order valence-corrected chi connectivity index (χ4v) is 3.02. The van der Waals surface area contributed by atoms with E-state index < -0.39 is 0 Å². The van der Waals surface area contributed by atoms with Gasteiger partial charge in [-0.15, -0.1) is 12.4 Å². The number of benzene rings is 1. The van der Waals surface area contributed by atoms with E-state index >= 15 is 0 Å². The Kier molecular flexibility index (Phi) is 7.17. The molecule has 1 atom stereocenters. The number of aromatic nitrogens is 1. The maximum absolute atomic E-state index is 12.3. The second-order valence-electron chi connectivity index (χ2n) is 5.53. The van der Waals surface area contributed by atoms with Gasteiger partial charge in [0.1, 0.15) is 0 Å². The molecule has 3 rings (SSSR count). The lowest BCUT2D eigenvalue weighted by Gasteiger charge is -2.35. The summed E-state index contributed by atoms with van der Waals surface area (Å²) in [7, 11) is 0. The maximum atomic E-state index is 12.3. The van der Waals surface area contributed by atoms with Crippen molar-refractivity contribution in [3.63, 3.8) is 0 Å². The van der Waals surface area contributed by atoms with Gasteiger partial charge in [0.05, 0.1) is 6.54 Å². The number of anilines is 1. The highest BCUT2D eigenvalue weighted by Crippen LogP contribution is 2.21. The van der Waals surface area contributed by atoms with Crippen LogP contribution >= 0.6 is 28.3 Å². The quantitative estimate of drug-likeness (QED) is 0.812. The summed E-state index contributed by atoms with van der Waals surface area (Å²) in [4.78, 5) is 18.7. The van der Waals surface area contributed by atoms with E-state index in [4.69, 9.17) is 0 Å². The molecule has 0 spiro atoms. The second-order valence-corrected chi connectivity index (χ2v) is 6.45. The van der Waals surface area contributed by atoms with E-state index in [9.17, 15) is 4.79 Å². The number of pyridine rings is 1. The Morgan fingerprint density at radius 2 is 2.12 bits per heavy atom. The largest absolute Gasteiger partial charge is 0.325 e. The Labute approximate surface area is 156 Å². The number of nitrogens with zero attached hydrogens (tertiary/aromatic N) is 2. The van der Waals surface area contributed by atoms with Gasteiger partial charge in [0.15, 0.2) is 0 Å². The summed E-state index contributed by atoms with van der Waals surface area (Å²) in [6, 6.07) is 11.8. The number of halogens is 2. The van der Waals surface area contributed by atoms with Crippen LogP contribution in [0.1, 0.15) is 11.6 Å². The fraction of sp³-hybridized carbons (Fsp3) is 0.294. The number of nitrogens with one attached hydrogen (secondary N) is 2. The number of piperazine rings is 1. The Morgan fingerprint density at radius 1 is 1.33 bits per heavy atom.